The Balaban J connectivity index is 1.99. The van der Waals surface area contributed by atoms with Crippen LogP contribution in [0.2, 0.25) is 0 Å². The molecule has 0 N–H and O–H groups in total. The molecule has 0 radical (unpaired) electrons. The van der Waals surface area contributed by atoms with Crippen LogP contribution in [0.5, 0.6) is 0 Å². The number of likely N-dealkylation sites (tertiary alicyclic amines) is 1. The smallest absolute Gasteiger partial charge is 0.0521 e. The number of nitrogens with zero attached hydrogens (tertiary/aromatic N) is 3. The minimum absolute atomic E-state index is 1.07. The summed E-state index contributed by atoms with van der Waals surface area (Å²) in [7, 11) is 2.00. The summed E-state index contributed by atoms with van der Waals surface area (Å²) in [6.45, 7) is 3.58. The Hall–Kier alpha value is -0.830. The van der Waals surface area contributed by atoms with Crippen molar-refractivity contribution in [2.45, 2.75) is 13.0 Å². The molecule has 0 aliphatic carbocycles. The molecule has 0 unspecified atom stereocenters. The van der Waals surface area contributed by atoms with E-state index in [-0.39, 0.29) is 0 Å². The van der Waals surface area contributed by atoms with Crippen LogP contribution in [0.4, 0.5) is 0 Å². The molecule has 0 aromatic carbocycles. The van der Waals surface area contributed by atoms with E-state index in [1.165, 1.54) is 25.2 Å². The molecule has 0 atom stereocenters. The second-order valence-electron chi connectivity index (χ2n) is 3.08. The quantitative estimate of drug-likeness (QED) is 0.618. The summed E-state index contributed by atoms with van der Waals surface area (Å²) in [4.78, 5) is 2.43. The predicted octanol–water partition coefficient (Wildman–Crippen LogP) is 0.626. The van der Waals surface area contributed by atoms with Gasteiger partial charge in [0.15, 0.2) is 0 Å². The van der Waals surface area contributed by atoms with Crippen LogP contribution in [0.1, 0.15) is 12.1 Å². The lowest BCUT2D eigenvalue weighted by molar-refractivity contribution is 0.168. The molecule has 0 saturated carbocycles. The molecule has 2 heterocycles. The summed E-state index contributed by atoms with van der Waals surface area (Å²) < 4.78 is 1.94. The first kappa shape index (κ1) is 6.85. The summed E-state index contributed by atoms with van der Waals surface area (Å²) in [6, 6.07) is 2.08. The first-order chi connectivity index (χ1) is 5.36. The van der Waals surface area contributed by atoms with Crippen LogP contribution in [0.3, 0.4) is 0 Å². The third kappa shape index (κ3) is 1.28. The monoisotopic (exact) mass is 151 g/mol. The Morgan fingerprint density at radius 2 is 2.36 bits per heavy atom. The van der Waals surface area contributed by atoms with Crippen LogP contribution in [0.25, 0.3) is 0 Å². The summed E-state index contributed by atoms with van der Waals surface area (Å²) in [5.74, 6) is 0. The van der Waals surface area contributed by atoms with Crippen molar-refractivity contribution >= 4 is 0 Å². The van der Waals surface area contributed by atoms with E-state index in [1.807, 2.05) is 17.9 Å². The average Bonchev–Trinajstić information content (AvgIpc) is 2.27. The lowest BCUT2D eigenvalue weighted by Crippen LogP contribution is -2.36. The minimum atomic E-state index is 1.07. The molecule has 1 aliphatic heterocycles. The van der Waals surface area contributed by atoms with Crippen LogP contribution in [0, 0.1) is 0 Å². The SMILES string of the molecule is Cn1nccc1CN1CCC1. The highest BCUT2D eigenvalue weighted by Gasteiger charge is 2.14. The number of hydrogen-bond acceptors (Lipinski definition) is 2. The molecule has 60 valence electrons. The molecular weight excluding hydrogens is 138 g/mol. The van der Waals surface area contributed by atoms with Gasteiger partial charge in [-0.1, -0.05) is 0 Å². The first-order valence-electron chi connectivity index (χ1n) is 4.05. The Kier molecular flexibility index (Phi) is 1.66. The average molecular weight is 151 g/mol. The van der Waals surface area contributed by atoms with Crippen molar-refractivity contribution < 1.29 is 0 Å². The molecule has 1 aromatic rings. The van der Waals surface area contributed by atoms with Crippen molar-refractivity contribution in [3.05, 3.63) is 18.0 Å². The zero-order chi connectivity index (χ0) is 7.68. The highest BCUT2D eigenvalue weighted by Crippen LogP contribution is 2.10. The van der Waals surface area contributed by atoms with Crippen molar-refractivity contribution in [2.75, 3.05) is 13.1 Å². The van der Waals surface area contributed by atoms with E-state index in [4.69, 9.17) is 0 Å². The van der Waals surface area contributed by atoms with Gasteiger partial charge < -0.3 is 0 Å². The van der Waals surface area contributed by atoms with Gasteiger partial charge in [0.05, 0.1) is 5.69 Å². The Morgan fingerprint density at radius 3 is 2.82 bits per heavy atom. The maximum atomic E-state index is 4.12. The molecule has 1 aromatic heterocycles. The molecule has 2 rings (SSSR count). The zero-order valence-corrected chi connectivity index (χ0v) is 6.82. The van der Waals surface area contributed by atoms with Crippen LogP contribution in [0.15, 0.2) is 12.3 Å². The van der Waals surface area contributed by atoms with Crippen LogP contribution >= 0.6 is 0 Å². The Labute approximate surface area is 66.6 Å². The molecule has 0 amide bonds. The van der Waals surface area contributed by atoms with Gasteiger partial charge in [-0.3, -0.25) is 9.58 Å². The van der Waals surface area contributed by atoms with Crippen molar-refractivity contribution in [3.8, 4) is 0 Å². The normalized spacial score (nSPS) is 18.3. The maximum Gasteiger partial charge on any atom is 0.0521 e. The van der Waals surface area contributed by atoms with Gasteiger partial charge in [0.2, 0.25) is 0 Å². The highest BCUT2D eigenvalue weighted by molar-refractivity contribution is 5.00. The molecule has 1 aliphatic rings. The van der Waals surface area contributed by atoms with Gasteiger partial charge >= 0.3 is 0 Å². The second-order valence-corrected chi connectivity index (χ2v) is 3.08. The lowest BCUT2D eigenvalue weighted by Gasteiger charge is -2.30. The topological polar surface area (TPSA) is 21.1 Å². The first-order valence-corrected chi connectivity index (χ1v) is 4.05. The molecular formula is C8H13N3. The molecule has 0 spiro atoms. The number of hydrogen-bond donors (Lipinski definition) is 0. The minimum Gasteiger partial charge on any atom is -0.297 e. The van der Waals surface area contributed by atoms with Crippen molar-refractivity contribution in [2.24, 2.45) is 7.05 Å². The van der Waals surface area contributed by atoms with Gasteiger partial charge in [0.25, 0.3) is 0 Å². The van der Waals surface area contributed by atoms with Crippen molar-refractivity contribution in [1.29, 1.82) is 0 Å². The fraction of sp³-hybridized carbons (Fsp3) is 0.625. The summed E-state index contributed by atoms with van der Waals surface area (Å²) in [6.07, 6.45) is 3.22. The van der Waals surface area contributed by atoms with Gasteiger partial charge in [-0.25, -0.2) is 0 Å². The number of aryl methyl sites for hydroxylation is 1. The van der Waals surface area contributed by atoms with Gasteiger partial charge in [-0.05, 0) is 25.6 Å². The Bertz CT molecular complexity index is 237. The van der Waals surface area contributed by atoms with Gasteiger partial charge in [-0.15, -0.1) is 0 Å². The molecule has 3 nitrogen and oxygen atoms in total. The van der Waals surface area contributed by atoms with Gasteiger partial charge in [0, 0.05) is 19.8 Å². The molecule has 11 heavy (non-hydrogen) atoms. The molecule has 1 fully saturated rings. The van der Waals surface area contributed by atoms with Crippen LogP contribution in [-0.4, -0.2) is 27.8 Å². The molecule has 0 bridgehead atoms. The fourth-order valence-electron chi connectivity index (χ4n) is 1.33. The van der Waals surface area contributed by atoms with Gasteiger partial charge in [-0.2, -0.15) is 5.10 Å². The van der Waals surface area contributed by atoms with Crippen molar-refractivity contribution in [1.82, 2.24) is 14.7 Å². The van der Waals surface area contributed by atoms with E-state index in [0.717, 1.165) is 6.54 Å². The van der Waals surface area contributed by atoms with E-state index < -0.39 is 0 Å². The maximum absolute atomic E-state index is 4.12. The lowest BCUT2D eigenvalue weighted by atomic mass is 10.2. The van der Waals surface area contributed by atoms with Crippen LogP contribution < -0.4 is 0 Å². The fourth-order valence-corrected chi connectivity index (χ4v) is 1.33. The van der Waals surface area contributed by atoms with Crippen molar-refractivity contribution in [3.63, 3.8) is 0 Å². The van der Waals surface area contributed by atoms with E-state index in [9.17, 15) is 0 Å². The highest BCUT2D eigenvalue weighted by atomic mass is 15.3. The number of aromatic nitrogens is 2. The summed E-state index contributed by atoms with van der Waals surface area (Å²) in [5, 5.41) is 4.12. The second kappa shape index (κ2) is 2.66. The summed E-state index contributed by atoms with van der Waals surface area (Å²) in [5.41, 5.74) is 1.31. The third-order valence-electron chi connectivity index (χ3n) is 2.26. The predicted molar refractivity (Wildman–Crippen MR) is 43.1 cm³/mol. The zero-order valence-electron chi connectivity index (χ0n) is 6.82. The Morgan fingerprint density at radius 1 is 1.55 bits per heavy atom. The van der Waals surface area contributed by atoms with Gasteiger partial charge in [0.1, 0.15) is 0 Å². The van der Waals surface area contributed by atoms with E-state index in [1.54, 1.807) is 0 Å². The van der Waals surface area contributed by atoms with E-state index >= 15 is 0 Å². The van der Waals surface area contributed by atoms with E-state index in [0.29, 0.717) is 0 Å². The summed E-state index contributed by atoms with van der Waals surface area (Å²) >= 11 is 0. The molecule has 3 heteroatoms. The molecule has 1 saturated heterocycles. The standard InChI is InChI=1S/C8H13N3/c1-10-8(3-4-9-10)7-11-5-2-6-11/h3-4H,2,5-7H2,1H3. The number of rotatable bonds is 2. The van der Waals surface area contributed by atoms with E-state index in [2.05, 4.69) is 16.1 Å². The third-order valence-corrected chi connectivity index (χ3v) is 2.26. The van der Waals surface area contributed by atoms with Crippen LogP contribution in [-0.2, 0) is 13.6 Å². The largest absolute Gasteiger partial charge is 0.297 e.